The highest BCUT2D eigenvalue weighted by molar-refractivity contribution is 8.03. The Balaban J connectivity index is 1.89. The Morgan fingerprint density at radius 3 is 1.04 bits per heavy atom. The summed E-state index contributed by atoms with van der Waals surface area (Å²) in [6, 6.07) is 38.8. The quantitative estimate of drug-likeness (QED) is 0.0687. The van der Waals surface area contributed by atoms with E-state index in [2.05, 4.69) is 122 Å². The predicted octanol–water partition coefficient (Wildman–Crippen LogP) is 9.83. The van der Waals surface area contributed by atoms with Gasteiger partial charge in [0.25, 0.3) is 0 Å². The zero-order valence-corrected chi connectivity index (χ0v) is 28.8. The molecule has 4 rings (SSSR count). The molecular formula is C38H36N4S4. The number of nitrogens with zero attached hydrogens (tertiary/aromatic N) is 2. The van der Waals surface area contributed by atoms with Gasteiger partial charge in [0.2, 0.25) is 0 Å². The average Bonchev–Trinajstić information content (AvgIpc) is 3.09. The molecule has 0 unspecified atom stereocenters. The zero-order valence-electron chi connectivity index (χ0n) is 25.6. The Labute approximate surface area is 290 Å². The highest BCUT2D eigenvalue weighted by Gasteiger charge is 2.17. The van der Waals surface area contributed by atoms with E-state index in [4.69, 9.17) is 22.0 Å². The first kappa shape index (κ1) is 35.3. The van der Waals surface area contributed by atoms with Crippen molar-refractivity contribution in [2.45, 2.75) is 32.4 Å². The van der Waals surface area contributed by atoms with Gasteiger partial charge in [0.05, 0.1) is 12.1 Å². The third-order valence-corrected chi connectivity index (χ3v) is 10.7. The standard InChI is InChI=1S/C38H36N4S4/c1-27(25-41)45-35-17-9-31(10-18-35)37(29-5-13-33(14-6-29)43-23-3-21-39)38(30-7-15-34(16-8-30)44-24-4-22-40)32-11-19-36(20-12-32)46-28(2)26-42/h5-20H,1-4,23-26,41-42H2. The smallest absolute Gasteiger partial charge is 0.0630 e. The molecule has 0 amide bonds. The van der Waals surface area contributed by atoms with E-state index in [-0.39, 0.29) is 0 Å². The van der Waals surface area contributed by atoms with Crippen LogP contribution in [0.25, 0.3) is 11.1 Å². The van der Waals surface area contributed by atoms with Gasteiger partial charge in [0.15, 0.2) is 0 Å². The van der Waals surface area contributed by atoms with Crippen molar-refractivity contribution in [1.82, 2.24) is 0 Å². The second-order valence-corrected chi connectivity index (χ2v) is 14.9. The van der Waals surface area contributed by atoms with Crippen LogP contribution in [-0.4, -0.2) is 24.6 Å². The summed E-state index contributed by atoms with van der Waals surface area (Å²) in [5.74, 6) is 1.52. The van der Waals surface area contributed by atoms with E-state index in [0.717, 1.165) is 74.3 Å². The summed E-state index contributed by atoms with van der Waals surface area (Å²) in [6.45, 7) is 8.97. The Hall–Kier alpha value is -3.60. The van der Waals surface area contributed by atoms with E-state index in [1.165, 1.54) is 0 Å². The average molecular weight is 677 g/mol. The molecule has 0 radical (unpaired) electrons. The van der Waals surface area contributed by atoms with Crippen LogP contribution in [0.3, 0.4) is 0 Å². The molecule has 4 N–H and O–H groups in total. The minimum absolute atomic E-state index is 0.429. The molecule has 0 heterocycles. The van der Waals surface area contributed by atoms with Gasteiger partial charge in [-0.05, 0) is 91.7 Å². The van der Waals surface area contributed by atoms with Gasteiger partial charge in [-0.1, -0.05) is 85.2 Å². The first-order valence-electron chi connectivity index (χ1n) is 14.7. The number of benzene rings is 4. The highest BCUT2D eigenvalue weighted by Crippen LogP contribution is 2.40. The maximum Gasteiger partial charge on any atom is 0.0630 e. The molecule has 0 saturated carbocycles. The van der Waals surface area contributed by atoms with Crippen molar-refractivity contribution in [3.63, 3.8) is 0 Å². The van der Waals surface area contributed by atoms with Crippen LogP contribution in [0.5, 0.6) is 0 Å². The zero-order chi connectivity index (χ0) is 32.7. The van der Waals surface area contributed by atoms with Crippen LogP contribution >= 0.6 is 47.0 Å². The van der Waals surface area contributed by atoms with Crippen LogP contribution in [0.2, 0.25) is 0 Å². The minimum Gasteiger partial charge on any atom is -0.326 e. The van der Waals surface area contributed by atoms with Crippen molar-refractivity contribution in [3.8, 4) is 12.1 Å². The minimum atomic E-state index is 0.429. The fraction of sp³-hybridized carbons (Fsp3) is 0.158. The Bertz CT molecular complexity index is 1600. The van der Waals surface area contributed by atoms with E-state index < -0.39 is 0 Å². The molecule has 8 heteroatoms. The fourth-order valence-electron chi connectivity index (χ4n) is 4.57. The van der Waals surface area contributed by atoms with Gasteiger partial charge >= 0.3 is 0 Å². The van der Waals surface area contributed by atoms with Gasteiger partial charge in [-0.2, -0.15) is 10.5 Å². The van der Waals surface area contributed by atoms with Crippen molar-refractivity contribution in [2.24, 2.45) is 11.5 Å². The number of hydrogen-bond donors (Lipinski definition) is 2. The van der Waals surface area contributed by atoms with Gasteiger partial charge in [-0.25, -0.2) is 0 Å². The van der Waals surface area contributed by atoms with Gasteiger partial charge in [0, 0.05) is 57.0 Å². The molecule has 0 atom stereocenters. The number of nitriles is 2. The Morgan fingerprint density at radius 2 is 0.783 bits per heavy atom. The van der Waals surface area contributed by atoms with Crippen LogP contribution in [0, 0.1) is 22.7 Å². The number of nitrogens with two attached hydrogens (primary N) is 2. The molecule has 0 spiro atoms. The third kappa shape index (κ3) is 10.2. The summed E-state index contributed by atoms with van der Waals surface area (Å²) in [5.41, 5.74) is 18.2. The largest absolute Gasteiger partial charge is 0.326 e. The molecular weight excluding hydrogens is 641 g/mol. The number of rotatable bonds is 16. The second kappa shape index (κ2) is 18.5. The van der Waals surface area contributed by atoms with E-state index in [1.807, 2.05) is 0 Å². The first-order chi connectivity index (χ1) is 22.4. The lowest BCUT2D eigenvalue weighted by atomic mass is 9.86. The molecule has 0 aliphatic rings. The molecule has 0 aliphatic carbocycles. The van der Waals surface area contributed by atoms with Crippen molar-refractivity contribution in [2.75, 3.05) is 24.6 Å². The van der Waals surface area contributed by atoms with E-state index >= 15 is 0 Å². The fourth-order valence-corrected chi connectivity index (χ4v) is 7.46. The first-order valence-corrected chi connectivity index (χ1v) is 18.3. The van der Waals surface area contributed by atoms with Crippen LogP contribution < -0.4 is 11.5 Å². The van der Waals surface area contributed by atoms with E-state index in [0.29, 0.717) is 25.9 Å². The molecule has 0 fully saturated rings. The molecule has 4 aromatic rings. The molecule has 4 aromatic carbocycles. The topological polar surface area (TPSA) is 99.6 Å². The lowest BCUT2D eigenvalue weighted by Crippen LogP contribution is -1.99. The molecule has 46 heavy (non-hydrogen) atoms. The molecule has 0 saturated heterocycles. The van der Waals surface area contributed by atoms with Crippen molar-refractivity contribution in [1.29, 1.82) is 10.5 Å². The summed E-state index contributed by atoms with van der Waals surface area (Å²) in [5, 5.41) is 18.0. The third-order valence-electron chi connectivity index (χ3n) is 6.77. The van der Waals surface area contributed by atoms with Gasteiger partial charge < -0.3 is 11.5 Å². The SMILES string of the molecule is C=C(CN)Sc1ccc(C(=C(c2ccc(SCCC#N)cc2)c2ccc(SC(=C)CN)cc2)c2ccc(SCCC#N)cc2)cc1. The molecule has 232 valence electrons. The molecule has 0 bridgehead atoms. The van der Waals surface area contributed by atoms with Crippen LogP contribution in [0.4, 0.5) is 0 Å². The molecule has 0 aromatic heterocycles. The van der Waals surface area contributed by atoms with Crippen molar-refractivity contribution in [3.05, 3.63) is 142 Å². The summed E-state index contributed by atoms with van der Waals surface area (Å²) in [7, 11) is 0. The summed E-state index contributed by atoms with van der Waals surface area (Å²) in [6.07, 6.45) is 1.03. The summed E-state index contributed by atoms with van der Waals surface area (Å²) in [4.78, 5) is 6.27. The Kier molecular flexibility index (Phi) is 14.2. The molecule has 0 aliphatic heterocycles. The van der Waals surface area contributed by atoms with Gasteiger partial charge in [0.1, 0.15) is 0 Å². The van der Waals surface area contributed by atoms with Crippen LogP contribution in [-0.2, 0) is 0 Å². The van der Waals surface area contributed by atoms with E-state index in [1.54, 1.807) is 47.0 Å². The van der Waals surface area contributed by atoms with E-state index in [9.17, 15) is 0 Å². The highest BCUT2D eigenvalue weighted by atomic mass is 32.2. The maximum atomic E-state index is 8.98. The summed E-state index contributed by atoms with van der Waals surface area (Å²) >= 11 is 6.56. The predicted molar refractivity (Wildman–Crippen MR) is 201 cm³/mol. The number of thioether (sulfide) groups is 4. The van der Waals surface area contributed by atoms with Gasteiger partial charge in [-0.15, -0.1) is 23.5 Å². The number of hydrogen-bond acceptors (Lipinski definition) is 8. The Morgan fingerprint density at radius 1 is 0.500 bits per heavy atom. The second-order valence-electron chi connectivity index (χ2n) is 10.1. The van der Waals surface area contributed by atoms with Crippen molar-refractivity contribution >= 4 is 58.2 Å². The lowest BCUT2D eigenvalue weighted by molar-refractivity contribution is 1.23. The maximum absolute atomic E-state index is 8.98. The monoisotopic (exact) mass is 676 g/mol. The lowest BCUT2D eigenvalue weighted by Gasteiger charge is -2.19. The summed E-state index contributed by atoms with van der Waals surface area (Å²) < 4.78 is 0. The van der Waals surface area contributed by atoms with Crippen LogP contribution in [0.15, 0.2) is 140 Å². The van der Waals surface area contributed by atoms with Crippen molar-refractivity contribution < 1.29 is 0 Å². The van der Waals surface area contributed by atoms with Gasteiger partial charge in [-0.3, -0.25) is 0 Å². The molecule has 4 nitrogen and oxygen atoms in total. The normalized spacial score (nSPS) is 11.3. The van der Waals surface area contributed by atoms with Crippen LogP contribution in [0.1, 0.15) is 35.1 Å².